The standard InChI is InChI=1S/C29H24O3/c1-2-31-28-17-20(16-24-18-22-9-4-6-13-26(22)29(24)30)14-15-27(28)32-19-23-11-7-10-21-8-3-5-12-25(21)23/h3-17H,2,18-19H2,1H3/b24-16+. The van der Waals surface area contributed by atoms with E-state index in [-0.39, 0.29) is 5.78 Å². The number of ketones is 1. The van der Waals surface area contributed by atoms with Crippen LogP contribution >= 0.6 is 0 Å². The molecule has 1 aliphatic carbocycles. The molecule has 0 unspecified atom stereocenters. The second-order valence-electron chi connectivity index (χ2n) is 7.90. The van der Waals surface area contributed by atoms with Gasteiger partial charge in [0, 0.05) is 17.6 Å². The van der Waals surface area contributed by atoms with Crippen LogP contribution in [0.15, 0.2) is 90.5 Å². The Balaban J connectivity index is 1.39. The van der Waals surface area contributed by atoms with Crippen molar-refractivity contribution in [2.75, 3.05) is 6.61 Å². The maximum atomic E-state index is 12.7. The zero-order chi connectivity index (χ0) is 21.9. The molecule has 0 fully saturated rings. The van der Waals surface area contributed by atoms with E-state index in [9.17, 15) is 4.79 Å². The quantitative estimate of drug-likeness (QED) is 0.328. The van der Waals surface area contributed by atoms with E-state index in [0.29, 0.717) is 31.1 Å². The van der Waals surface area contributed by atoms with Crippen molar-refractivity contribution < 1.29 is 14.3 Å². The van der Waals surface area contributed by atoms with Gasteiger partial charge in [-0.25, -0.2) is 0 Å². The molecule has 0 aromatic heterocycles. The van der Waals surface area contributed by atoms with Crippen molar-refractivity contribution in [3.8, 4) is 11.5 Å². The first kappa shape index (κ1) is 20.1. The second kappa shape index (κ2) is 8.72. The fourth-order valence-corrected chi connectivity index (χ4v) is 4.25. The van der Waals surface area contributed by atoms with Gasteiger partial charge in [-0.15, -0.1) is 0 Å². The lowest BCUT2D eigenvalue weighted by Gasteiger charge is -2.14. The SMILES string of the molecule is CCOc1cc(/C=C2\Cc3ccccc3C2=O)ccc1OCc1cccc2ccccc12. The second-order valence-corrected chi connectivity index (χ2v) is 7.90. The average molecular weight is 421 g/mol. The van der Waals surface area contributed by atoms with Crippen molar-refractivity contribution >= 4 is 22.6 Å². The van der Waals surface area contributed by atoms with Crippen molar-refractivity contribution in [1.82, 2.24) is 0 Å². The lowest BCUT2D eigenvalue weighted by Crippen LogP contribution is -2.01. The molecular weight excluding hydrogens is 396 g/mol. The summed E-state index contributed by atoms with van der Waals surface area (Å²) >= 11 is 0. The fraction of sp³-hybridized carbons (Fsp3) is 0.138. The summed E-state index contributed by atoms with van der Waals surface area (Å²) in [4.78, 5) is 12.7. The first-order chi connectivity index (χ1) is 15.7. The molecule has 158 valence electrons. The maximum Gasteiger partial charge on any atom is 0.189 e. The summed E-state index contributed by atoms with van der Waals surface area (Å²) < 4.78 is 12.0. The Morgan fingerprint density at radius 3 is 2.53 bits per heavy atom. The van der Waals surface area contributed by atoms with Crippen LogP contribution in [0.3, 0.4) is 0 Å². The Kier molecular flexibility index (Phi) is 5.47. The van der Waals surface area contributed by atoms with Crippen molar-refractivity contribution in [2.45, 2.75) is 20.0 Å². The third-order valence-electron chi connectivity index (χ3n) is 5.81. The molecule has 4 aromatic rings. The molecule has 5 rings (SSSR count). The van der Waals surface area contributed by atoms with Gasteiger partial charge in [-0.05, 0) is 52.6 Å². The van der Waals surface area contributed by atoms with Gasteiger partial charge >= 0.3 is 0 Å². The van der Waals surface area contributed by atoms with Crippen molar-refractivity contribution in [1.29, 1.82) is 0 Å². The van der Waals surface area contributed by atoms with Crippen molar-refractivity contribution in [3.05, 3.63) is 113 Å². The third kappa shape index (κ3) is 3.90. The number of carbonyl (C=O) groups is 1. The number of rotatable bonds is 6. The van der Waals surface area contributed by atoms with Gasteiger partial charge in [0.2, 0.25) is 0 Å². The molecule has 3 heteroatoms. The summed E-state index contributed by atoms with van der Waals surface area (Å²) in [5, 5.41) is 2.39. The monoisotopic (exact) mass is 420 g/mol. The molecule has 0 amide bonds. The Morgan fingerprint density at radius 2 is 1.66 bits per heavy atom. The van der Waals surface area contributed by atoms with E-state index >= 15 is 0 Å². The number of carbonyl (C=O) groups excluding carboxylic acids is 1. The Hall–Kier alpha value is -3.85. The molecule has 0 bridgehead atoms. The van der Waals surface area contributed by atoms with Crippen LogP contribution in [0.25, 0.3) is 16.8 Å². The van der Waals surface area contributed by atoms with Crippen LogP contribution in [-0.4, -0.2) is 12.4 Å². The van der Waals surface area contributed by atoms with Gasteiger partial charge in [0.05, 0.1) is 6.61 Å². The highest BCUT2D eigenvalue weighted by atomic mass is 16.5. The lowest BCUT2D eigenvalue weighted by molar-refractivity contribution is 0.104. The van der Waals surface area contributed by atoms with E-state index in [1.54, 1.807) is 0 Å². The minimum atomic E-state index is 0.106. The molecule has 0 heterocycles. The Morgan fingerprint density at radius 1 is 0.844 bits per heavy atom. The first-order valence-electron chi connectivity index (χ1n) is 10.9. The molecule has 1 aliphatic rings. The molecule has 0 aliphatic heterocycles. The molecule has 32 heavy (non-hydrogen) atoms. The minimum absolute atomic E-state index is 0.106. The van der Waals surface area contributed by atoms with Gasteiger partial charge in [0.25, 0.3) is 0 Å². The summed E-state index contributed by atoms with van der Waals surface area (Å²) in [6.45, 7) is 2.95. The van der Waals surface area contributed by atoms with Gasteiger partial charge in [-0.1, -0.05) is 72.8 Å². The highest BCUT2D eigenvalue weighted by molar-refractivity contribution is 6.15. The van der Waals surface area contributed by atoms with Crippen molar-refractivity contribution in [3.63, 3.8) is 0 Å². The summed E-state index contributed by atoms with van der Waals surface area (Å²) in [5.41, 5.74) is 4.76. The van der Waals surface area contributed by atoms with Crippen LogP contribution in [0.1, 0.15) is 34.0 Å². The van der Waals surface area contributed by atoms with Crippen LogP contribution in [0.4, 0.5) is 0 Å². The molecule has 0 atom stereocenters. The smallest absolute Gasteiger partial charge is 0.189 e. The number of ether oxygens (including phenoxy) is 2. The number of fused-ring (bicyclic) bond motifs is 2. The molecule has 0 spiro atoms. The molecule has 0 saturated carbocycles. The lowest BCUT2D eigenvalue weighted by atomic mass is 10.1. The van der Waals surface area contributed by atoms with Crippen LogP contribution in [-0.2, 0) is 13.0 Å². The molecule has 0 saturated heterocycles. The number of Topliss-reactive ketones (excluding diaryl/α,β-unsaturated/α-hetero) is 1. The maximum absolute atomic E-state index is 12.7. The van der Waals surface area contributed by atoms with Gasteiger partial charge in [0.1, 0.15) is 6.61 Å². The minimum Gasteiger partial charge on any atom is -0.490 e. The topological polar surface area (TPSA) is 35.5 Å². The highest BCUT2D eigenvalue weighted by Crippen LogP contribution is 2.33. The van der Waals surface area contributed by atoms with Gasteiger partial charge < -0.3 is 9.47 Å². The summed E-state index contributed by atoms with van der Waals surface area (Å²) in [6, 6.07) is 28.2. The van der Waals surface area contributed by atoms with Crippen LogP contribution < -0.4 is 9.47 Å². The zero-order valence-corrected chi connectivity index (χ0v) is 18.0. The molecule has 4 aromatic carbocycles. The van der Waals surface area contributed by atoms with E-state index in [4.69, 9.17) is 9.47 Å². The van der Waals surface area contributed by atoms with E-state index in [1.165, 1.54) is 10.8 Å². The van der Waals surface area contributed by atoms with Crippen LogP contribution in [0.5, 0.6) is 11.5 Å². The third-order valence-corrected chi connectivity index (χ3v) is 5.81. The average Bonchev–Trinajstić information content (AvgIpc) is 3.14. The van der Waals surface area contributed by atoms with E-state index in [0.717, 1.165) is 27.8 Å². The Bertz CT molecular complexity index is 1330. The number of hydrogen-bond acceptors (Lipinski definition) is 3. The number of allylic oxidation sites excluding steroid dienone is 1. The molecule has 0 N–H and O–H groups in total. The zero-order valence-electron chi connectivity index (χ0n) is 18.0. The Labute approximate surface area is 187 Å². The summed E-state index contributed by atoms with van der Waals surface area (Å²) in [7, 11) is 0. The molecular formula is C29H24O3. The van der Waals surface area contributed by atoms with Crippen LogP contribution in [0, 0.1) is 0 Å². The first-order valence-corrected chi connectivity index (χ1v) is 10.9. The van der Waals surface area contributed by atoms with E-state index in [2.05, 4.69) is 30.3 Å². The predicted octanol–water partition coefficient (Wildman–Crippen LogP) is 6.64. The normalized spacial score (nSPS) is 14.0. The van der Waals surface area contributed by atoms with Gasteiger partial charge in [-0.2, -0.15) is 0 Å². The van der Waals surface area contributed by atoms with E-state index in [1.807, 2.05) is 67.6 Å². The van der Waals surface area contributed by atoms with Gasteiger partial charge in [-0.3, -0.25) is 4.79 Å². The van der Waals surface area contributed by atoms with Crippen LogP contribution in [0.2, 0.25) is 0 Å². The summed E-state index contributed by atoms with van der Waals surface area (Å²) in [5.74, 6) is 1.49. The highest BCUT2D eigenvalue weighted by Gasteiger charge is 2.24. The molecule has 0 radical (unpaired) electrons. The fourth-order valence-electron chi connectivity index (χ4n) is 4.25. The number of hydrogen-bond donors (Lipinski definition) is 0. The van der Waals surface area contributed by atoms with Gasteiger partial charge in [0.15, 0.2) is 17.3 Å². The summed E-state index contributed by atoms with van der Waals surface area (Å²) in [6.07, 6.45) is 2.62. The van der Waals surface area contributed by atoms with E-state index < -0.39 is 0 Å². The number of benzene rings is 4. The predicted molar refractivity (Wildman–Crippen MR) is 128 cm³/mol. The molecule has 3 nitrogen and oxygen atoms in total. The largest absolute Gasteiger partial charge is 0.490 e. The van der Waals surface area contributed by atoms with Crippen molar-refractivity contribution in [2.24, 2.45) is 0 Å².